The van der Waals surface area contributed by atoms with Gasteiger partial charge in [-0.05, 0) is 6.07 Å². The van der Waals surface area contributed by atoms with Crippen LogP contribution in [0.3, 0.4) is 0 Å². The van der Waals surface area contributed by atoms with E-state index in [2.05, 4.69) is 0 Å². The highest BCUT2D eigenvalue weighted by atomic mass is 16.6. The van der Waals surface area contributed by atoms with E-state index in [9.17, 15) is 4.79 Å². The molecule has 0 saturated heterocycles. The van der Waals surface area contributed by atoms with Crippen LogP contribution in [0.1, 0.15) is 28.8 Å². The van der Waals surface area contributed by atoms with E-state index in [0.29, 0.717) is 30.3 Å². The maximum Gasteiger partial charge on any atom is 0.172 e. The molecule has 4 nitrogen and oxygen atoms in total. The van der Waals surface area contributed by atoms with Gasteiger partial charge in [0.1, 0.15) is 13.2 Å². The normalized spacial score (nSPS) is 15.6. The van der Waals surface area contributed by atoms with E-state index in [0.717, 1.165) is 11.8 Å². The lowest BCUT2D eigenvalue weighted by Gasteiger charge is -2.24. The van der Waals surface area contributed by atoms with Crippen LogP contribution in [0.5, 0.6) is 11.5 Å². The maximum absolute atomic E-state index is 10.8. The molecule has 0 radical (unpaired) electrons. The predicted octanol–water partition coefficient (Wildman–Crippen LogP) is 1.37. The SMILES string of the molecule is CC(CO)c1ccc(C=O)c2c1OCCO2. The van der Waals surface area contributed by atoms with Crippen molar-refractivity contribution in [3.63, 3.8) is 0 Å². The first-order valence-corrected chi connectivity index (χ1v) is 5.26. The van der Waals surface area contributed by atoms with E-state index < -0.39 is 0 Å². The zero-order valence-corrected chi connectivity index (χ0v) is 9.10. The Morgan fingerprint density at radius 1 is 1.38 bits per heavy atom. The molecule has 0 bridgehead atoms. The summed E-state index contributed by atoms with van der Waals surface area (Å²) in [6.07, 6.45) is 0.751. The van der Waals surface area contributed by atoms with Crippen molar-refractivity contribution in [1.82, 2.24) is 0 Å². The molecular formula is C12H14O4. The average molecular weight is 222 g/mol. The molecule has 1 N–H and O–H groups in total. The molecule has 1 aromatic carbocycles. The van der Waals surface area contributed by atoms with Gasteiger partial charge in [0.25, 0.3) is 0 Å². The van der Waals surface area contributed by atoms with Crippen LogP contribution in [0.25, 0.3) is 0 Å². The summed E-state index contributed by atoms with van der Waals surface area (Å²) in [5.41, 5.74) is 1.37. The van der Waals surface area contributed by atoms with Crippen molar-refractivity contribution in [2.75, 3.05) is 19.8 Å². The monoisotopic (exact) mass is 222 g/mol. The number of aliphatic hydroxyl groups excluding tert-OH is 1. The molecule has 16 heavy (non-hydrogen) atoms. The number of hydrogen-bond donors (Lipinski definition) is 1. The van der Waals surface area contributed by atoms with Gasteiger partial charge in [0.05, 0.1) is 5.56 Å². The van der Waals surface area contributed by atoms with Crippen molar-refractivity contribution in [2.24, 2.45) is 0 Å². The highest BCUT2D eigenvalue weighted by Gasteiger charge is 2.22. The van der Waals surface area contributed by atoms with Gasteiger partial charge in [0, 0.05) is 18.1 Å². The molecule has 0 aliphatic carbocycles. The van der Waals surface area contributed by atoms with E-state index in [1.54, 1.807) is 12.1 Å². The Labute approximate surface area is 93.8 Å². The van der Waals surface area contributed by atoms with Crippen molar-refractivity contribution in [3.05, 3.63) is 23.3 Å². The number of rotatable bonds is 3. The van der Waals surface area contributed by atoms with Gasteiger partial charge in [0.15, 0.2) is 17.8 Å². The predicted molar refractivity (Wildman–Crippen MR) is 58.3 cm³/mol. The molecule has 0 fully saturated rings. The fourth-order valence-electron chi connectivity index (χ4n) is 1.76. The molecule has 0 aromatic heterocycles. The van der Waals surface area contributed by atoms with E-state index in [4.69, 9.17) is 14.6 Å². The number of aldehydes is 1. The van der Waals surface area contributed by atoms with Crippen LogP contribution < -0.4 is 9.47 Å². The van der Waals surface area contributed by atoms with E-state index in [-0.39, 0.29) is 12.5 Å². The number of benzene rings is 1. The first-order chi connectivity index (χ1) is 7.77. The molecule has 1 aromatic rings. The van der Waals surface area contributed by atoms with Crippen molar-refractivity contribution in [1.29, 1.82) is 0 Å². The average Bonchev–Trinajstić information content (AvgIpc) is 2.36. The summed E-state index contributed by atoms with van der Waals surface area (Å²) in [5, 5.41) is 9.15. The largest absolute Gasteiger partial charge is 0.486 e. The van der Waals surface area contributed by atoms with E-state index in [1.165, 1.54) is 0 Å². The van der Waals surface area contributed by atoms with Gasteiger partial charge in [-0.25, -0.2) is 0 Å². The summed E-state index contributed by atoms with van der Waals surface area (Å²) >= 11 is 0. The molecule has 0 amide bonds. The Morgan fingerprint density at radius 2 is 2.06 bits per heavy atom. The first-order valence-electron chi connectivity index (χ1n) is 5.26. The molecule has 1 aliphatic heterocycles. The summed E-state index contributed by atoms with van der Waals surface area (Å²) in [6, 6.07) is 3.50. The minimum Gasteiger partial charge on any atom is -0.486 e. The lowest BCUT2D eigenvalue weighted by Crippen LogP contribution is -2.18. The zero-order valence-electron chi connectivity index (χ0n) is 9.10. The second-order valence-corrected chi connectivity index (χ2v) is 3.80. The summed E-state index contributed by atoms with van der Waals surface area (Å²) in [5.74, 6) is 1.06. The lowest BCUT2D eigenvalue weighted by atomic mass is 9.98. The second kappa shape index (κ2) is 4.53. The van der Waals surface area contributed by atoms with Crippen LogP contribution in [-0.2, 0) is 0 Å². The standard InChI is InChI=1S/C12H14O4/c1-8(6-13)10-3-2-9(7-14)11-12(10)16-5-4-15-11/h2-3,7-8,13H,4-6H2,1H3. The fraction of sp³-hybridized carbons (Fsp3) is 0.417. The number of fused-ring (bicyclic) bond motifs is 1. The van der Waals surface area contributed by atoms with Crippen LogP contribution in [-0.4, -0.2) is 31.2 Å². The zero-order chi connectivity index (χ0) is 11.5. The smallest absolute Gasteiger partial charge is 0.172 e. The number of hydrogen-bond acceptors (Lipinski definition) is 4. The highest BCUT2D eigenvalue weighted by molar-refractivity contribution is 5.82. The van der Waals surface area contributed by atoms with Crippen LogP contribution in [0.15, 0.2) is 12.1 Å². The molecule has 1 atom stereocenters. The van der Waals surface area contributed by atoms with Gasteiger partial charge < -0.3 is 14.6 Å². The summed E-state index contributed by atoms with van der Waals surface area (Å²) < 4.78 is 11.0. The molecule has 0 saturated carbocycles. The van der Waals surface area contributed by atoms with Crippen LogP contribution in [0.2, 0.25) is 0 Å². The molecular weight excluding hydrogens is 208 g/mol. The molecule has 0 spiro atoms. The lowest BCUT2D eigenvalue weighted by molar-refractivity contribution is 0.111. The third kappa shape index (κ3) is 1.76. The fourth-order valence-corrected chi connectivity index (χ4v) is 1.76. The van der Waals surface area contributed by atoms with Crippen molar-refractivity contribution in [3.8, 4) is 11.5 Å². The molecule has 1 aliphatic rings. The minimum absolute atomic E-state index is 0.0313. The molecule has 2 rings (SSSR count). The van der Waals surface area contributed by atoms with Gasteiger partial charge in [-0.15, -0.1) is 0 Å². The highest BCUT2D eigenvalue weighted by Crippen LogP contribution is 2.39. The molecule has 1 unspecified atom stereocenters. The quantitative estimate of drug-likeness (QED) is 0.785. The topological polar surface area (TPSA) is 55.8 Å². The summed E-state index contributed by atoms with van der Waals surface area (Å²) in [4.78, 5) is 10.8. The first kappa shape index (κ1) is 11.0. The van der Waals surface area contributed by atoms with Crippen LogP contribution in [0.4, 0.5) is 0 Å². The Balaban J connectivity index is 2.52. The Kier molecular flexibility index (Phi) is 3.10. The van der Waals surface area contributed by atoms with Gasteiger partial charge >= 0.3 is 0 Å². The maximum atomic E-state index is 10.8. The number of carbonyl (C=O) groups is 1. The Morgan fingerprint density at radius 3 is 2.69 bits per heavy atom. The minimum atomic E-state index is -0.0313. The third-order valence-corrected chi connectivity index (χ3v) is 2.68. The van der Waals surface area contributed by atoms with Crippen LogP contribution >= 0.6 is 0 Å². The molecule has 86 valence electrons. The van der Waals surface area contributed by atoms with Crippen molar-refractivity contribution < 1.29 is 19.4 Å². The van der Waals surface area contributed by atoms with Crippen LogP contribution in [0, 0.1) is 0 Å². The van der Waals surface area contributed by atoms with Gasteiger partial charge in [-0.1, -0.05) is 13.0 Å². The van der Waals surface area contributed by atoms with Gasteiger partial charge in [-0.2, -0.15) is 0 Å². The third-order valence-electron chi connectivity index (χ3n) is 2.68. The summed E-state index contributed by atoms with van der Waals surface area (Å²) in [6.45, 7) is 2.86. The van der Waals surface area contributed by atoms with Gasteiger partial charge in [0.2, 0.25) is 0 Å². The Bertz CT molecular complexity index is 400. The number of carbonyl (C=O) groups excluding carboxylic acids is 1. The molecule has 4 heteroatoms. The van der Waals surface area contributed by atoms with E-state index in [1.807, 2.05) is 6.92 Å². The van der Waals surface area contributed by atoms with Crippen molar-refractivity contribution in [2.45, 2.75) is 12.8 Å². The Hall–Kier alpha value is -1.55. The summed E-state index contributed by atoms with van der Waals surface area (Å²) in [7, 11) is 0. The number of aliphatic hydroxyl groups is 1. The van der Waals surface area contributed by atoms with Gasteiger partial charge in [-0.3, -0.25) is 4.79 Å². The second-order valence-electron chi connectivity index (χ2n) is 3.80. The van der Waals surface area contributed by atoms with E-state index >= 15 is 0 Å². The number of ether oxygens (including phenoxy) is 2. The van der Waals surface area contributed by atoms with Crippen molar-refractivity contribution >= 4 is 6.29 Å². The molecule has 1 heterocycles.